The Labute approximate surface area is 107 Å². The van der Waals surface area contributed by atoms with Gasteiger partial charge in [-0.2, -0.15) is 11.8 Å². The van der Waals surface area contributed by atoms with Crippen molar-refractivity contribution in [2.45, 2.75) is 26.8 Å². The molecule has 3 nitrogen and oxygen atoms in total. The van der Waals surface area contributed by atoms with E-state index in [2.05, 4.69) is 19.2 Å². The fourth-order valence-electron chi connectivity index (χ4n) is 1.61. The van der Waals surface area contributed by atoms with Crippen LogP contribution in [0.2, 0.25) is 0 Å². The Morgan fingerprint density at radius 3 is 2.76 bits per heavy atom. The molecule has 0 saturated carbocycles. The summed E-state index contributed by atoms with van der Waals surface area (Å²) < 4.78 is 0. The van der Waals surface area contributed by atoms with E-state index < -0.39 is 5.97 Å². The van der Waals surface area contributed by atoms with E-state index in [4.69, 9.17) is 5.11 Å². The lowest BCUT2D eigenvalue weighted by Crippen LogP contribution is -2.18. The fraction of sp³-hybridized carbons (Fsp3) is 0.462. The molecule has 0 spiro atoms. The van der Waals surface area contributed by atoms with Gasteiger partial charge < -0.3 is 10.4 Å². The second-order valence-corrected chi connectivity index (χ2v) is 5.36. The van der Waals surface area contributed by atoms with Crippen molar-refractivity contribution < 1.29 is 9.90 Å². The highest BCUT2D eigenvalue weighted by atomic mass is 32.2. The number of carboxylic acids is 1. The van der Waals surface area contributed by atoms with Gasteiger partial charge in [-0.05, 0) is 43.4 Å². The van der Waals surface area contributed by atoms with Crippen LogP contribution in [0, 0.1) is 6.92 Å². The van der Waals surface area contributed by atoms with E-state index in [9.17, 15) is 4.79 Å². The topological polar surface area (TPSA) is 49.3 Å². The minimum Gasteiger partial charge on any atom is -0.478 e. The Morgan fingerprint density at radius 1 is 1.53 bits per heavy atom. The Bertz CT molecular complexity index is 393. The van der Waals surface area contributed by atoms with Gasteiger partial charge >= 0.3 is 5.97 Å². The van der Waals surface area contributed by atoms with Gasteiger partial charge in [-0.3, -0.25) is 0 Å². The maximum absolute atomic E-state index is 10.9. The molecule has 0 amide bonds. The van der Waals surface area contributed by atoms with Crippen LogP contribution in [0.15, 0.2) is 18.2 Å². The van der Waals surface area contributed by atoms with Crippen molar-refractivity contribution in [3.05, 3.63) is 29.3 Å². The van der Waals surface area contributed by atoms with Gasteiger partial charge in [0.25, 0.3) is 0 Å². The predicted octanol–water partition coefficient (Wildman–Crippen LogP) is 3.25. The van der Waals surface area contributed by atoms with Gasteiger partial charge in [-0.25, -0.2) is 4.79 Å². The second-order valence-electron chi connectivity index (χ2n) is 4.04. The van der Waals surface area contributed by atoms with Crippen molar-refractivity contribution in [2.75, 3.05) is 16.8 Å². The second kappa shape index (κ2) is 6.55. The maximum atomic E-state index is 10.9. The number of hydrogen-bond acceptors (Lipinski definition) is 3. The third kappa shape index (κ3) is 4.30. The van der Waals surface area contributed by atoms with Crippen molar-refractivity contribution in [1.29, 1.82) is 0 Å². The number of carboxylic acid groups (broad SMARTS) is 1. The number of aryl methyl sites for hydroxylation is 1. The smallest absolute Gasteiger partial charge is 0.335 e. The molecule has 0 bridgehead atoms. The van der Waals surface area contributed by atoms with Crippen LogP contribution in [-0.2, 0) is 0 Å². The number of thioether (sulfide) groups is 1. The standard InChI is InChI=1S/C13H19NO2S/c1-4-17-8-10(3)14-11-5-6-12(13(15)16)9(2)7-11/h5-7,10,14H,4,8H2,1-3H3,(H,15,16). The highest BCUT2D eigenvalue weighted by molar-refractivity contribution is 7.99. The summed E-state index contributed by atoms with van der Waals surface area (Å²) in [6.07, 6.45) is 0. The summed E-state index contributed by atoms with van der Waals surface area (Å²) >= 11 is 1.89. The first-order valence-corrected chi connectivity index (χ1v) is 6.88. The highest BCUT2D eigenvalue weighted by Crippen LogP contribution is 2.17. The van der Waals surface area contributed by atoms with E-state index in [-0.39, 0.29) is 0 Å². The molecular formula is C13H19NO2S. The first-order chi connectivity index (χ1) is 8.04. The van der Waals surface area contributed by atoms with Crippen molar-refractivity contribution in [3.8, 4) is 0 Å². The molecule has 0 radical (unpaired) electrons. The van der Waals surface area contributed by atoms with Crippen molar-refractivity contribution in [2.24, 2.45) is 0 Å². The molecule has 1 rings (SSSR count). The molecule has 1 aromatic rings. The molecule has 1 unspecified atom stereocenters. The number of hydrogen-bond donors (Lipinski definition) is 2. The third-order valence-electron chi connectivity index (χ3n) is 2.44. The van der Waals surface area contributed by atoms with Gasteiger partial charge in [-0.1, -0.05) is 6.92 Å². The van der Waals surface area contributed by atoms with Crippen LogP contribution in [0.25, 0.3) is 0 Å². The van der Waals surface area contributed by atoms with Crippen LogP contribution < -0.4 is 5.32 Å². The molecule has 0 aromatic heterocycles. The van der Waals surface area contributed by atoms with Gasteiger partial charge in [0.2, 0.25) is 0 Å². The van der Waals surface area contributed by atoms with Crippen molar-refractivity contribution >= 4 is 23.4 Å². The van der Waals surface area contributed by atoms with Crippen LogP contribution in [0.1, 0.15) is 29.8 Å². The fourth-order valence-corrected chi connectivity index (χ4v) is 2.29. The van der Waals surface area contributed by atoms with E-state index in [1.807, 2.05) is 30.8 Å². The number of aromatic carboxylic acids is 1. The minimum atomic E-state index is -0.872. The summed E-state index contributed by atoms with van der Waals surface area (Å²) in [5.41, 5.74) is 2.14. The molecule has 0 saturated heterocycles. The Morgan fingerprint density at radius 2 is 2.24 bits per heavy atom. The van der Waals surface area contributed by atoms with Crippen molar-refractivity contribution in [3.63, 3.8) is 0 Å². The number of carbonyl (C=O) groups is 1. The van der Waals surface area contributed by atoms with Crippen molar-refractivity contribution in [1.82, 2.24) is 0 Å². The maximum Gasteiger partial charge on any atom is 0.335 e. The lowest BCUT2D eigenvalue weighted by Gasteiger charge is -2.15. The van der Waals surface area contributed by atoms with Gasteiger partial charge in [-0.15, -0.1) is 0 Å². The monoisotopic (exact) mass is 253 g/mol. The zero-order chi connectivity index (χ0) is 12.8. The summed E-state index contributed by atoms with van der Waals surface area (Å²) in [4.78, 5) is 10.9. The molecular weight excluding hydrogens is 234 g/mol. The van der Waals surface area contributed by atoms with Gasteiger partial charge in [0, 0.05) is 17.5 Å². The van der Waals surface area contributed by atoms with Crippen LogP contribution in [0.5, 0.6) is 0 Å². The minimum absolute atomic E-state index is 0.367. The molecule has 1 aromatic carbocycles. The van der Waals surface area contributed by atoms with Crippen LogP contribution >= 0.6 is 11.8 Å². The molecule has 0 aliphatic carbocycles. The number of rotatable bonds is 6. The highest BCUT2D eigenvalue weighted by Gasteiger charge is 2.08. The van der Waals surface area contributed by atoms with Gasteiger partial charge in [0.05, 0.1) is 5.56 Å². The molecule has 0 fully saturated rings. The Balaban J connectivity index is 2.67. The quantitative estimate of drug-likeness (QED) is 0.817. The molecule has 0 aliphatic heterocycles. The zero-order valence-corrected chi connectivity index (χ0v) is 11.3. The normalized spacial score (nSPS) is 12.2. The summed E-state index contributed by atoms with van der Waals surface area (Å²) in [6.45, 7) is 6.09. The zero-order valence-electron chi connectivity index (χ0n) is 10.5. The molecule has 0 aliphatic rings. The predicted molar refractivity (Wildman–Crippen MR) is 74.2 cm³/mol. The Kier molecular flexibility index (Phi) is 5.35. The average molecular weight is 253 g/mol. The van der Waals surface area contributed by atoms with Gasteiger partial charge in [0.1, 0.15) is 0 Å². The first-order valence-electron chi connectivity index (χ1n) is 5.72. The van der Waals surface area contributed by atoms with E-state index >= 15 is 0 Å². The third-order valence-corrected chi connectivity index (χ3v) is 3.59. The molecule has 1 atom stereocenters. The Hall–Kier alpha value is -1.16. The largest absolute Gasteiger partial charge is 0.478 e. The SMILES string of the molecule is CCSCC(C)Nc1ccc(C(=O)O)c(C)c1. The molecule has 17 heavy (non-hydrogen) atoms. The molecule has 94 valence electrons. The number of nitrogens with one attached hydrogen (secondary N) is 1. The van der Waals surface area contributed by atoms with E-state index in [1.165, 1.54) is 0 Å². The summed E-state index contributed by atoms with van der Waals surface area (Å²) in [6, 6.07) is 5.75. The summed E-state index contributed by atoms with van der Waals surface area (Å²) in [7, 11) is 0. The average Bonchev–Trinajstić information content (AvgIpc) is 2.26. The molecule has 0 heterocycles. The summed E-state index contributed by atoms with van der Waals surface area (Å²) in [5.74, 6) is 1.29. The van der Waals surface area contributed by atoms with Gasteiger partial charge in [0.15, 0.2) is 0 Å². The van der Waals surface area contributed by atoms with Crippen LogP contribution in [0.3, 0.4) is 0 Å². The first kappa shape index (κ1) is 13.9. The van der Waals surface area contributed by atoms with E-state index in [0.29, 0.717) is 11.6 Å². The number of anilines is 1. The summed E-state index contributed by atoms with van der Waals surface area (Å²) in [5, 5.41) is 12.3. The number of benzene rings is 1. The molecule has 4 heteroatoms. The van der Waals surface area contributed by atoms with E-state index in [1.54, 1.807) is 6.07 Å². The van der Waals surface area contributed by atoms with Crippen LogP contribution in [-0.4, -0.2) is 28.6 Å². The van der Waals surface area contributed by atoms with E-state index in [0.717, 1.165) is 22.8 Å². The van der Waals surface area contributed by atoms with Crippen LogP contribution in [0.4, 0.5) is 5.69 Å². The lowest BCUT2D eigenvalue weighted by molar-refractivity contribution is 0.0696. The molecule has 2 N–H and O–H groups in total. The lowest BCUT2D eigenvalue weighted by atomic mass is 10.1.